The molecule has 2 heterocycles. The first-order valence-electron chi connectivity index (χ1n) is 10.2. The maximum absolute atomic E-state index is 12.6. The number of nitrogens with two attached hydrogens (primary N) is 1. The number of esters is 1. The molecule has 0 bridgehead atoms. The summed E-state index contributed by atoms with van der Waals surface area (Å²) in [5.41, 5.74) is 0.359. The van der Waals surface area contributed by atoms with E-state index in [0.717, 1.165) is 6.07 Å². The van der Waals surface area contributed by atoms with Gasteiger partial charge in [-0.25, -0.2) is 18.4 Å². The second-order valence-electron chi connectivity index (χ2n) is 7.30. The summed E-state index contributed by atoms with van der Waals surface area (Å²) in [6, 6.07) is 10.5. The van der Waals surface area contributed by atoms with Crippen LogP contribution in [0.3, 0.4) is 0 Å². The van der Waals surface area contributed by atoms with Crippen molar-refractivity contribution >= 4 is 44.9 Å². The van der Waals surface area contributed by atoms with Crippen LogP contribution >= 0.6 is 11.6 Å². The Morgan fingerprint density at radius 1 is 1.09 bits per heavy atom. The molecule has 4 N–H and O–H groups in total. The van der Waals surface area contributed by atoms with Crippen LogP contribution < -0.4 is 25.2 Å². The highest BCUT2D eigenvalue weighted by Crippen LogP contribution is 2.33. The predicted octanol–water partition coefficient (Wildman–Crippen LogP) is 2.76. The molecule has 4 rings (SSSR count). The number of fused-ring (bicyclic) bond motifs is 1. The van der Waals surface area contributed by atoms with Crippen molar-refractivity contribution in [1.29, 1.82) is 0 Å². The number of primary sulfonamides is 1. The van der Waals surface area contributed by atoms with Gasteiger partial charge in [0.2, 0.25) is 10.0 Å². The van der Waals surface area contributed by atoms with E-state index in [-0.39, 0.29) is 22.8 Å². The van der Waals surface area contributed by atoms with E-state index in [9.17, 15) is 18.0 Å². The van der Waals surface area contributed by atoms with E-state index in [1.807, 2.05) is 0 Å². The van der Waals surface area contributed by atoms with Gasteiger partial charge in [-0.1, -0.05) is 11.6 Å². The minimum absolute atomic E-state index is 0.113. The second-order valence-corrected chi connectivity index (χ2v) is 9.20. The Morgan fingerprint density at radius 2 is 1.86 bits per heavy atom. The number of ether oxygens (including phenoxy) is 3. The number of rotatable bonds is 8. The fourth-order valence-corrected chi connectivity index (χ4v) is 4.33. The van der Waals surface area contributed by atoms with E-state index >= 15 is 0 Å². The molecule has 0 fully saturated rings. The Labute approximate surface area is 205 Å². The average molecular weight is 522 g/mol. The number of benzene rings is 2. The maximum atomic E-state index is 12.6. The number of furan rings is 1. The van der Waals surface area contributed by atoms with Crippen LogP contribution in [0.2, 0.25) is 5.02 Å². The SMILES string of the molecule is NS(=O)(=O)c1cc(C(=O)OCC(=O)Nc2ccc3c(c2)OCCO3)cc(NCc2ccco2)c1Cl. The summed E-state index contributed by atoms with van der Waals surface area (Å²) in [4.78, 5) is 24.4. The minimum atomic E-state index is -4.27. The summed E-state index contributed by atoms with van der Waals surface area (Å²) >= 11 is 6.19. The molecule has 0 saturated carbocycles. The van der Waals surface area contributed by atoms with Gasteiger partial charge in [-0.3, -0.25) is 4.79 Å². The van der Waals surface area contributed by atoms with E-state index < -0.39 is 33.4 Å². The first kappa shape index (κ1) is 24.4. The van der Waals surface area contributed by atoms with Crippen LogP contribution in [-0.2, 0) is 26.1 Å². The van der Waals surface area contributed by atoms with Crippen molar-refractivity contribution in [3.05, 3.63) is 65.1 Å². The predicted molar refractivity (Wildman–Crippen MR) is 125 cm³/mol. The number of amides is 1. The third kappa shape index (κ3) is 6.04. The molecule has 1 aliphatic rings. The van der Waals surface area contributed by atoms with E-state index in [0.29, 0.717) is 36.2 Å². The second kappa shape index (κ2) is 10.3. The lowest BCUT2D eigenvalue weighted by atomic mass is 10.2. The normalized spacial score (nSPS) is 12.6. The largest absolute Gasteiger partial charge is 0.486 e. The van der Waals surface area contributed by atoms with Gasteiger partial charge in [0.1, 0.15) is 23.9 Å². The highest BCUT2D eigenvalue weighted by molar-refractivity contribution is 7.89. The number of anilines is 2. The molecule has 2 aromatic carbocycles. The molecule has 1 amide bonds. The van der Waals surface area contributed by atoms with E-state index in [1.54, 1.807) is 30.3 Å². The van der Waals surface area contributed by atoms with Gasteiger partial charge in [0.05, 0.1) is 29.1 Å². The quantitative estimate of drug-likeness (QED) is 0.379. The Bertz CT molecular complexity index is 1360. The summed E-state index contributed by atoms with van der Waals surface area (Å²) in [6.45, 7) is 0.359. The molecule has 35 heavy (non-hydrogen) atoms. The van der Waals surface area contributed by atoms with Gasteiger partial charge in [-0.05, 0) is 36.4 Å². The summed E-state index contributed by atoms with van der Waals surface area (Å²) in [6.07, 6.45) is 1.47. The Hall–Kier alpha value is -3.74. The van der Waals surface area contributed by atoms with Gasteiger partial charge in [0.15, 0.2) is 18.1 Å². The molecule has 0 radical (unpaired) electrons. The van der Waals surface area contributed by atoms with Crippen LogP contribution in [0.15, 0.2) is 58.0 Å². The van der Waals surface area contributed by atoms with E-state index in [2.05, 4.69) is 10.6 Å². The van der Waals surface area contributed by atoms with Crippen molar-refractivity contribution in [2.45, 2.75) is 11.4 Å². The lowest BCUT2D eigenvalue weighted by Gasteiger charge is -2.19. The van der Waals surface area contributed by atoms with Gasteiger partial charge in [0, 0.05) is 11.8 Å². The molecule has 13 heteroatoms. The van der Waals surface area contributed by atoms with E-state index in [4.69, 9.17) is 35.4 Å². The van der Waals surface area contributed by atoms with Crippen molar-refractivity contribution < 1.29 is 36.6 Å². The minimum Gasteiger partial charge on any atom is -0.486 e. The van der Waals surface area contributed by atoms with Crippen LogP contribution in [-0.4, -0.2) is 40.1 Å². The molecule has 0 aliphatic carbocycles. The lowest BCUT2D eigenvalue weighted by molar-refractivity contribution is -0.119. The zero-order chi connectivity index (χ0) is 25.0. The monoisotopic (exact) mass is 521 g/mol. The zero-order valence-corrected chi connectivity index (χ0v) is 19.6. The Balaban J connectivity index is 1.45. The van der Waals surface area contributed by atoms with Gasteiger partial charge in [-0.2, -0.15) is 0 Å². The van der Waals surface area contributed by atoms with Crippen LogP contribution in [0.25, 0.3) is 0 Å². The zero-order valence-electron chi connectivity index (χ0n) is 18.1. The third-order valence-corrected chi connectivity index (χ3v) is 6.23. The molecule has 3 aromatic rings. The summed E-state index contributed by atoms with van der Waals surface area (Å²) in [5.74, 6) is 0.0154. The molecular formula is C22H20ClN3O8S. The van der Waals surface area contributed by atoms with E-state index in [1.165, 1.54) is 12.3 Å². The third-order valence-electron chi connectivity index (χ3n) is 4.77. The van der Waals surface area contributed by atoms with Crippen molar-refractivity contribution in [3.8, 4) is 11.5 Å². The summed E-state index contributed by atoms with van der Waals surface area (Å²) in [5, 5.41) is 10.5. The van der Waals surface area contributed by atoms with Crippen LogP contribution in [0.4, 0.5) is 11.4 Å². The van der Waals surface area contributed by atoms with Crippen LogP contribution in [0.5, 0.6) is 11.5 Å². The standard InChI is InChI=1S/C22H20ClN3O8S/c23-21-16(25-11-15-2-1-5-31-15)8-13(9-19(21)35(24,29)30)22(28)34-12-20(27)26-14-3-4-17-18(10-14)33-7-6-32-17/h1-5,8-10,25H,6-7,11-12H2,(H,26,27)(H2,24,29,30). The topological polar surface area (TPSA) is 159 Å². The number of carbonyl (C=O) groups is 2. The summed E-state index contributed by atoms with van der Waals surface area (Å²) in [7, 11) is -4.27. The van der Waals surface area contributed by atoms with Crippen molar-refractivity contribution in [3.63, 3.8) is 0 Å². The first-order chi connectivity index (χ1) is 16.7. The van der Waals surface area contributed by atoms with Crippen molar-refractivity contribution in [1.82, 2.24) is 0 Å². The number of hydrogen-bond donors (Lipinski definition) is 3. The van der Waals surface area contributed by atoms with Crippen molar-refractivity contribution in [2.75, 3.05) is 30.5 Å². The molecule has 0 saturated heterocycles. The fraction of sp³-hybridized carbons (Fsp3) is 0.182. The number of nitrogens with one attached hydrogen (secondary N) is 2. The smallest absolute Gasteiger partial charge is 0.338 e. The maximum Gasteiger partial charge on any atom is 0.338 e. The number of carbonyl (C=O) groups excluding carboxylic acids is 2. The lowest BCUT2D eigenvalue weighted by Crippen LogP contribution is -2.22. The first-order valence-corrected chi connectivity index (χ1v) is 12.1. The van der Waals surface area contributed by atoms with Gasteiger partial charge >= 0.3 is 5.97 Å². The van der Waals surface area contributed by atoms with Gasteiger partial charge < -0.3 is 29.3 Å². The molecule has 0 spiro atoms. The molecule has 1 aliphatic heterocycles. The molecule has 0 atom stereocenters. The Kier molecular flexibility index (Phi) is 7.15. The van der Waals surface area contributed by atoms with Crippen LogP contribution in [0, 0.1) is 0 Å². The number of sulfonamides is 1. The highest BCUT2D eigenvalue weighted by Gasteiger charge is 2.22. The van der Waals surface area contributed by atoms with Gasteiger partial charge in [0.25, 0.3) is 5.91 Å². The van der Waals surface area contributed by atoms with Gasteiger partial charge in [-0.15, -0.1) is 0 Å². The molecular weight excluding hydrogens is 502 g/mol. The average Bonchev–Trinajstić information content (AvgIpc) is 3.35. The summed E-state index contributed by atoms with van der Waals surface area (Å²) < 4.78 is 45.1. The fourth-order valence-electron chi connectivity index (χ4n) is 3.18. The highest BCUT2D eigenvalue weighted by atomic mass is 35.5. The molecule has 1 aromatic heterocycles. The Morgan fingerprint density at radius 3 is 2.57 bits per heavy atom. The van der Waals surface area contributed by atoms with Crippen LogP contribution in [0.1, 0.15) is 16.1 Å². The number of halogens is 1. The van der Waals surface area contributed by atoms with Crippen molar-refractivity contribution in [2.24, 2.45) is 5.14 Å². The molecule has 11 nitrogen and oxygen atoms in total. The number of hydrogen-bond acceptors (Lipinski definition) is 9. The molecule has 0 unspecified atom stereocenters. The molecule has 184 valence electrons.